The third-order valence-corrected chi connectivity index (χ3v) is 7.83. The fraction of sp³-hybridized carbons (Fsp3) is 0.125. The number of nitrogens with zero attached hydrogens (tertiary/aromatic N) is 3. The van der Waals surface area contributed by atoms with Crippen LogP contribution in [0.4, 0.5) is 5.69 Å². The molecule has 0 saturated heterocycles. The van der Waals surface area contributed by atoms with Gasteiger partial charge >= 0.3 is 5.97 Å². The van der Waals surface area contributed by atoms with E-state index in [4.69, 9.17) is 4.42 Å². The summed E-state index contributed by atoms with van der Waals surface area (Å²) in [6.45, 7) is 2.36. The first-order valence-corrected chi connectivity index (χ1v) is 14.1. The molecule has 10 heteroatoms. The second-order valence-corrected chi connectivity index (χ2v) is 10.8. The Morgan fingerprint density at radius 2 is 1.76 bits per heavy atom. The van der Waals surface area contributed by atoms with Crippen molar-refractivity contribution < 1.29 is 24.2 Å². The van der Waals surface area contributed by atoms with Crippen LogP contribution in [0.3, 0.4) is 0 Å². The molecule has 0 bridgehead atoms. The van der Waals surface area contributed by atoms with E-state index in [2.05, 4.69) is 31.6 Å². The molecule has 2 aromatic heterocycles. The number of aromatic hydroxyl groups is 1. The summed E-state index contributed by atoms with van der Waals surface area (Å²) >= 11 is 3.56. The normalized spacial score (nSPS) is 11.3. The van der Waals surface area contributed by atoms with E-state index < -0.39 is 5.97 Å². The Morgan fingerprint density at radius 3 is 2.52 bits per heavy atom. The van der Waals surface area contributed by atoms with Crippen LogP contribution in [-0.4, -0.2) is 37.1 Å². The standard InChI is InChI=1S/C32H25BrN4O5/c1-18-8-10-19(11-9-18)31-30(23-15-22(32(40)41)27(38)16-28(23)42-31)26-17-34-36-37(26)14-4-7-29(39)35-25-13-12-24(33)20-5-2-3-6-21(20)25/h2-3,5-6,8-13,15-17,38H,4,7,14H2,1H3,(H,35,39)(H,40,41). The van der Waals surface area contributed by atoms with Crippen molar-refractivity contribution in [1.82, 2.24) is 15.0 Å². The molecule has 2 heterocycles. The Hall–Kier alpha value is -4.96. The Morgan fingerprint density at radius 1 is 1.00 bits per heavy atom. The van der Waals surface area contributed by atoms with Crippen molar-refractivity contribution in [2.75, 3.05) is 5.32 Å². The number of aromatic carboxylic acids is 1. The van der Waals surface area contributed by atoms with E-state index in [9.17, 15) is 19.8 Å². The van der Waals surface area contributed by atoms with Crippen molar-refractivity contribution in [3.63, 3.8) is 0 Å². The van der Waals surface area contributed by atoms with Gasteiger partial charge in [-0.05, 0) is 36.9 Å². The van der Waals surface area contributed by atoms with E-state index in [0.29, 0.717) is 41.0 Å². The Bertz CT molecular complexity index is 1980. The number of nitrogens with one attached hydrogen (secondary N) is 1. The van der Waals surface area contributed by atoms with E-state index >= 15 is 0 Å². The van der Waals surface area contributed by atoms with Gasteiger partial charge in [0.15, 0.2) is 0 Å². The Balaban J connectivity index is 1.29. The lowest BCUT2D eigenvalue weighted by Crippen LogP contribution is -2.13. The molecule has 0 aliphatic carbocycles. The van der Waals surface area contributed by atoms with Gasteiger partial charge in [-0.3, -0.25) is 4.79 Å². The third kappa shape index (κ3) is 5.12. The van der Waals surface area contributed by atoms with Crippen LogP contribution in [0, 0.1) is 6.92 Å². The highest BCUT2D eigenvalue weighted by molar-refractivity contribution is 9.10. The fourth-order valence-electron chi connectivity index (χ4n) is 5.06. The van der Waals surface area contributed by atoms with E-state index in [0.717, 1.165) is 32.1 Å². The minimum Gasteiger partial charge on any atom is -0.507 e. The first kappa shape index (κ1) is 27.2. The van der Waals surface area contributed by atoms with Crippen molar-refractivity contribution in [1.29, 1.82) is 0 Å². The van der Waals surface area contributed by atoms with Crippen LogP contribution in [0.2, 0.25) is 0 Å². The molecule has 0 aliphatic heterocycles. The summed E-state index contributed by atoms with van der Waals surface area (Å²) in [7, 11) is 0. The summed E-state index contributed by atoms with van der Waals surface area (Å²) in [5, 5.41) is 33.8. The van der Waals surface area contributed by atoms with Gasteiger partial charge in [-0.15, -0.1) is 5.10 Å². The van der Waals surface area contributed by atoms with Crippen LogP contribution >= 0.6 is 15.9 Å². The van der Waals surface area contributed by atoms with Crippen molar-refractivity contribution in [3.05, 3.63) is 94.6 Å². The van der Waals surface area contributed by atoms with Gasteiger partial charge in [0.2, 0.25) is 5.91 Å². The molecule has 0 aliphatic rings. The maximum atomic E-state index is 12.9. The quantitative estimate of drug-likeness (QED) is 0.161. The highest BCUT2D eigenvalue weighted by Crippen LogP contribution is 2.42. The number of halogens is 1. The van der Waals surface area contributed by atoms with E-state index in [-0.39, 0.29) is 23.6 Å². The molecule has 42 heavy (non-hydrogen) atoms. The van der Waals surface area contributed by atoms with Crippen LogP contribution in [0.5, 0.6) is 5.75 Å². The molecule has 6 aromatic rings. The lowest BCUT2D eigenvalue weighted by molar-refractivity contribution is -0.116. The summed E-state index contributed by atoms with van der Waals surface area (Å²) in [6.07, 6.45) is 2.31. The Kier molecular flexibility index (Phi) is 7.22. The number of hydrogen-bond donors (Lipinski definition) is 3. The summed E-state index contributed by atoms with van der Waals surface area (Å²) in [6, 6.07) is 22.1. The van der Waals surface area contributed by atoms with Gasteiger partial charge in [0.25, 0.3) is 0 Å². The zero-order chi connectivity index (χ0) is 29.4. The summed E-state index contributed by atoms with van der Waals surface area (Å²) in [5.41, 5.74) is 3.89. The molecule has 9 nitrogen and oxygen atoms in total. The van der Waals surface area contributed by atoms with Gasteiger partial charge in [0, 0.05) is 45.5 Å². The molecule has 0 unspecified atom stereocenters. The number of anilines is 1. The second kappa shape index (κ2) is 11.1. The van der Waals surface area contributed by atoms with E-state index in [1.165, 1.54) is 12.1 Å². The van der Waals surface area contributed by atoms with Gasteiger partial charge in [0.05, 0.1) is 17.5 Å². The molecule has 0 atom stereocenters. The number of carbonyl (C=O) groups is 2. The average molecular weight is 625 g/mol. The molecular weight excluding hydrogens is 600 g/mol. The van der Waals surface area contributed by atoms with Crippen LogP contribution in [0.1, 0.15) is 28.8 Å². The number of aryl methyl sites for hydroxylation is 2. The van der Waals surface area contributed by atoms with Gasteiger partial charge in [0.1, 0.15) is 22.7 Å². The third-order valence-electron chi connectivity index (χ3n) is 7.14. The molecule has 3 N–H and O–H groups in total. The average Bonchev–Trinajstić information content (AvgIpc) is 3.58. The number of amides is 1. The highest BCUT2D eigenvalue weighted by Gasteiger charge is 2.24. The predicted molar refractivity (Wildman–Crippen MR) is 164 cm³/mol. The second-order valence-electron chi connectivity index (χ2n) is 9.98. The minimum absolute atomic E-state index is 0.125. The number of aromatic nitrogens is 3. The van der Waals surface area contributed by atoms with Crippen molar-refractivity contribution in [2.45, 2.75) is 26.3 Å². The SMILES string of the molecule is Cc1ccc(-c2oc3cc(O)c(C(=O)O)cc3c2-c2cnnn2CCCC(=O)Nc2ccc(Br)c3ccccc23)cc1. The molecular formula is C32H25BrN4O5. The maximum Gasteiger partial charge on any atom is 0.339 e. The van der Waals surface area contributed by atoms with E-state index in [1.54, 1.807) is 10.9 Å². The number of hydrogen-bond acceptors (Lipinski definition) is 6. The number of phenols is 1. The maximum absolute atomic E-state index is 12.9. The Labute approximate surface area is 248 Å². The first-order valence-electron chi connectivity index (χ1n) is 13.3. The topological polar surface area (TPSA) is 130 Å². The summed E-state index contributed by atoms with van der Waals surface area (Å²) in [5.74, 6) is -1.27. The zero-order valence-electron chi connectivity index (χ0n) is 22.5. The molecule has 0 fully saturated rings. The smallest absolute Gasteiger partial charge is 0.339 e. The van der Waals surface area contributed by atoms with Crippen LogP contribution in [0.15, 0.2) is 87.9 Å². The first-order chi connectivity index (χ1) is 20.3. The molecule has 4 aromatic carbocycles. The zero-order valence-corrected chi connectivity index (χ0v) is 24.1. The predicted octanol–water partition coefficient (Wildman–Crippen LogP) is 7.41. The van der Waals surface area contributed by atoms with Gasteiger partial charge in [-0.2, -0.15) is 0 Å². The number of benzene rings is 4. The van der Waals surface area contributed by atoms with E-state index in [1.807, 2.05) is 67.6 Å². The molecule has 0 saturated carbocycles. The number of furan rings is 1. The van der Waals surface area contributed by atoms with Gasteiger partial charge in [-0.1, -0.05) is 75.2 Å². The summed E-state index contributed by atoms with van der Waals surface area (Å²) in [4.78, 5) is 24.7. The van der Waals surface area contributed by atoms with Crippen LogP contribution in [-0.2, 0) is 11.3 Å². The number of carboxylic acid groups (broad SMARTS) is 1. The number of carbonyl (C=O) groups excluding carboxylic acids is 1. The number of carboxylic acids is 1. The van der Waals surface area contributed by atoms with Crippen LogP contribution in [0.25, 0.3) is 44.3 Å². The lowest BCUT2D eigenvalue weighted by Gasteiger charge is -2.11. The number of rotatable bonds is 8. The monoisotopic (exact) mass is 624 g/mol. The van der Waals surface area contributed by atoms with Crippen molar-refractivity contribution in [3.8, 4) is 28.3 Å². The van der Waals surface area contributed by atoms with Crippen molar-refractivity contribution in [2.24, 2.45) is 0 Å². The van der Waals surface area contributed by atoms with Crippen molar-refractivity contribution >= 4 is 55.2 Å². The van der Waals surface area contributed by atoms with Gasteiger partial charge in [-0.25, -0.2) is 9.48 Å². The molecule has 210 valence electrons. The molecule has 1 amide bonds. The largest absolute Gasteiger partial charge is 0.507 e. The highest BCUT2D eigenvalue weighted by atomic mass is 79.9. The minimum atomic E-state index is -1.25. The lowest BCUT2D eigenvalue weighted by atomic mass is 10.0. The summed E-state index contributed by atoms with van der Waals surface area (Å²) < 4.78 is 8.82. The van der Waals surface area contributed by atoms with Gasteiger partial charge < -0.3 is 19.9 Å². The van der Waals surface area contributed by atoms with Crippen LogP contribution < -0.4 is 5.32 Å². The molecule has 0 spiro atoms. The number of fused-ring (bicyclic) bond motifs is 2. The fourth-order valence-corrected chi connectivity index (χ4v) is 5.53. The molecule has 0 radical (unpaired) electrons. The molecule has 6 rings (SSSR count).